The standard InChI is InChI=1S/C12H14BrN3/c1-9(14-2)11-7-8-15-16(11)12-6-4-3-5-10(12)13/h3-9,14H,1-2H3. The van der Waals surface area contributed by atoms with Crippen molar-refractivity contribution in [2.24, 2.45) is 0 Å². The highest BCUT2D eigenvalue weighted by Gasteiger charge is 2.11. The summed E-state index contributed by atoms with van der Waals surface area (Å²) in [6.07, 6.45) is 1.82. The van der Waals surface area contributed by atoms with E-state index < -0.39 is 0 Å². The summed E-state index contributed by atoms with van der Waals surface area (Å²) in [5, 5.41) is 7.58. The Bertz CT molecular complexity index is 479. The van der Waals surface area contributed by atoms with Gasteiger partial charge in [0.05, 0.1) is 11.4 Å². The average Bonchev–Trinajstić information content (AvgIpc) is 2.77. The van der Waals surface area contributed by atoms with E-state index in [1.165, 1.54) is 0 Å². The molecule has 0 fully saturated rings. The van der Waals surface area contributed by atoms with Gasteiger partial charge in [0.2, 0.25) is 0 Å². The predicted molar refractivity (Wildman–Crippen MR) is 68.7 cm³/mol. The first-order valence-corrected chi connectivity index (χ1v) is 5.99. The summed E-state index contributed by atoms with van der Waals surface area (Å²) >= 11 is 3.54. The van der Waals surface area contributed by atoms with Gasteiger partial charge >= 0.3 is 0 Å². The summed E-state index contributed by atoms with van der Waals surface area (Å²) in [4.78, 5) is 0. The van der Waals surface area contributed by atoms with Crippen LogP contribution in [0.3, 0.4) is 0 Å². The topological polar surface area (TPSA) is 29.9 Å². The van der Waals surface area contributed by atoms with E-state index >= 15 is 0 Å². The van der Waals surface area contributed by atoms with Crippen LogP contribution in [-0.2, 0) is 0 Å². The first-order valence-electron chi connectivity index (χ1n) is 5.20. The van der Waals surface area contributed by atoms with Crippen LogP contribution in [0.1, 0.15) is 18.7 Å². The lowest BCUT2D eigenvalue weighted by Crippen LogP contribution is -2.16. The monoisotopic (exact) mass is 279 g/mol. The van der Waals surface area contributed by atoms with Gasteiger partial charge in [0.1, 0.15) is 0 Å². The number of rotatable bonds is 3. The van der Waals surface area contributed by atoms with Gasteiger partial charge in [0.15, 0.2) is 0 Å². The van der Waals surface area contributed by atoms with Gasteiger partial charge in [-0.15, -0.1) is 0 Å². The van der Waals surface area contributed by atoms with Crippen LogP contribution in [-0.4, -0.2) is 16.8 Å². The summed E-state index contributed by atoms with van der Waals surface area (Å²) in [6, 6.07) is 10.4. The van der Waals surface area contributed by atoms with E-state index in [4.69, 9.17) is 0 Å². The summed E-state index contributed by atoms with van der Waals surface area (Å²) in [5.74, 6) is 0. The van der Waals surface area contributed by atoms with E-state index in [2.05, 4.69) is 33.3 Å². The Hall–Kier alpha value is -1.13. The van der Waals surface area contributed by atoms with Crippen LogP contribution >= 0.6 is 15.9 Å². The Balaban J connectivity index is 2.49. The van der Waals surface area contributed by atoms with Crippen molar-refractivity contribution >= 4 is 15.9 Å². The number of halogens is 1. The number of aromatic nitrogens is 2. The molecule has 2 aromatic rings. The maximum atomic E-state index is 4.36. The molecule has 1 atom stereocenters. The Morgan fingerprint density at radius 1 is 1.31 bits per heavy atom. The van der Waals surface area contributed by atoms with Gasteiger partial charge in [-0.05, 0) is 48.1 Å². The molecular formula is C12H14BrN3. The number of benzene rings is 1. The lowest BCUT2D eigenvalue weighted by molar-refractivity contribution is 0.604. The van der Waals surface area contributed by atoms with Crippen LogP contribution < -0.4 is 5.32 Å². The molecule has 1 aromatic carbocycles. The molecule has 0 amide bonds. The number of nitrogens with one attached hydrogen (secondary N) is 1. The third-order valence-corrected chi connectivity index (χ3v) is 3.30. The van der Waals surface area contributed by atoms with Crippen molar-refractivity contribution in [1.29, 1.82) is 0 Å². The van der Waals surface area contributed by atoms with Crippen LogP contribution in [0.4, 0.5) is 0 Å². The van der Waals surface area contributed by atoms with E-state index in [-0.39, 0.29) is 6.04 Å². The molecule has 3 nitrogen and oxygen atoms in total. The number of hydrogen-bond donors (Lipinski definition) is 1. The van der Waals surface area contributed by atoms with E-state index in [9.17, 15) is 0 Å². The van der Waals surface area contributed by atoms with Gasteiger partial charge in [-0.3, -0.25) is 0 Å². The molecule has 0 radical (unpaired) electrons. The minimum absolute atomic E-state index is 0.273. The average molecular weight is 280 g/mol. The molecular weight excluding hydrogens is 266 g/mol. The van der Waals surface area contributed by atoms with Crippen LogP contribution in [0.25, 0.3) is 5.69 Å². The molecule has 4 heteroatoms. The quantitative estimate of drug-likeness (QED) is 0.936. The fraction of sp³-hybridized carbons (Fsp3) is 0.250. The van der Waals surface area contributed by atoms with Crippen molar-refractivity contribution < 1.29 is 0 Å². The lowest BCUT2D eigenvalue weighted by atomic mass is 10.2. The summed E-state index contributed by atoms with van der Waals surface area (Å²) in [5.41, 5.74) is 2.21. The van der Waals surface area contributed by atoms with Gasteiger partial charge in [0.25, 0.3) is 0 Å². The van der Waals surface area contributed by atoms with Crippen molar-refractivity contribution in [3.63, 3.8) is 0 Å². The molecule has 1 aromatic heterocycles. The number of para-hydroxylation sites is 1. The second-order valence-corrected chi connectivity index (χ2v) is 4.48. The molecule has 1 heterocycles. The zero-order valence-electron chi connectivity index (χ0n) is 9.31. The fourth-order valence-corrected chi connectivity index (χ4v) is 2.07. The summed E-state index contributed by atoms with van der Waals surface area (Å²) < 4.78 is 2.99. The summed E-state index contributed by atoms with van der Waals surface area (Å²) in [7, 11) is 1.95. The first-order chi connectivity index (χ1) is 7.74. The molecule has 1 unspecified atom stereocenters. The smallest absolute Gasteiger partial charge is 0.0791 e. The summed E-state index contributed by atoms with van der Waals surface area (Å²) in [6.45, 7) is 2.12. The molecule has 2 rings (SSSR count). The molecule has 16 heavy (non-hydrogen) atoms. The SMILES string of the molecule is CNC(C)c1ccnn1-c1ccccc1Br. The highest BCUT2D eigenvalue weighted by Crippen LogP contribution is 2.23. The van der Waals surface area contributed by atoms with Crippen LogP contribution in [0.2, 0.25) is 0 Å². The molecule has 0 aliphatic carbocycles. The van der Waals surface area contributed by atoms with Crippen LogP contribution in [0.5, 0.6) is 0 Å². The van der Waals surface area contributed by atoms with Gasteiger partial charge < -0.3 is 5.32 Å². The number of nitrogens with zero attached hydrogens (tertiary/aromatic N) is 2. The Morgan fingerprint density at radius 3 is 2.75 bits per heavy atom. The minimum atomic E-state index is 0.273. The first kappa shape index (κ1) is 11.4. The second-order valence-electron chi connectivity index (χ2n) is 3.63. The molecule has 84 valence electrons. The zero-order chi connectivity index (χ0) is 11.5. The molecule has 0 spiro atoms. The molecule has 0 saturated carbocycles. The Morgan fingerprint density at radius 2 is 2.06 bits per heavy atom. The van der Waals surface area contributed by atoms with Crippen molar-refractivity contribution in [3.8, 4) is 5.69 Å². The van der Waals surface area contributed by atoms with E-state index in [1.807, 2.05) is 48.3 Å². The third-order valence-electron chi connectivity index (χ3n) is 2.63. The second kappa shape index (κ2) is 4.80. The van der Waals surface area contributed by atoms with Crippen molar-refractivity contribution in [3.05, 3.63) is 46.7 Å². The van der Waals surface area contributed by atoms with Crippen molar-refractivity contribution in [2.45, 2.75) is 13.0 Å². The normalized spacial score (nSPS) is 12.7. The third kappa shape index (κ3) is 2.03. The molecule has 0 aliphatic rings. The zero-order valence-corrected chi connectivity index (χ0v) is 10.9. The lowest BCUT2D eigenvalue weighted by Gasteiger charge is -2.14. The molecule has 1 N–H and O–H groups in total. The highest BCUT2D eigenvalue weighted by atomic mass is 79.9. The highest BCUT2D eigenvalue weighted by molar-refractivity contribution is 9.10. The van der Waals surface area contributed by atoms with E-state index in [0.717, 1.165) is 15.9 Å². The Labute approximate surface area is 104 Å². The minimum Gasteiger partial charge on any atom is -0.312 e. The Kier molecular flexibility index (Phi) is 3.41. The largest absolute Gasteiger partial charge is 0.312 e. The predicted octanol–water partition coefficient (Wildman–Crippen LogP) is 2.92. The van der Waals surface area contributed by atoms with Crippen LogP contribution in [0.15, 0.2) is 41.0 Å². The molecule has 0 bridgehead atoms. The van der Waals surface area contributed by atoms with Gasteiger partial charge in [0, 0.05) is 16.7 Å². The number of hydrogen-bond acceptors (Lipinski definition) is 2. The van der Waals surface area contributed by atoms with Gasteiger partial charge in [-0.25, -0.2) is 4.68 Å². The van der Waals surface area contributed by atoms with Crippen molar-refractivity contribution in [2.75, 3.05) is 7.05 Å². The van der Waals surface area contributed by atoms with Gasteiger partial charge in [-0.1, -0.05) is 12.1 Å². The fourth-order valence-electron chi connectivity index (χ4n) is 1.61. The maximum Gasteiger partial charge on any atom is 0.0791 e. The molecule has 0 saturated heterocycles. The molecule has 0 aliphatic heterocycles. The van der Waals surface area contributed by atoms with Gasteiger partial charge in [-0.2, -0.15) is 5.10 Å². The van der Waals surface area contributed by atoms with E-state index in [1.54, 1.807) is 0 Å². The maximum absolute atomic E-state index is 4.36. The van der Waals surface area contributed by atoms with Crippen molar-refractivity contribution in [1.82, 2.24) is 15.1 Å². The van der Waals surface area contributed by atoms with E-state index in [0.29, 0.717) is 0 Å². The van der Waals surface area contributed by atoms with Crippen LogP contribution in [0, 0.1) is 0 Å².